The molecule has 0 aliphatic heterocycles. The van der Waals surface area contributed by atoms with Gasteiger partial charge in [0.1, 0.15) is 0 Å². The highest BCUT2D eigenvalue weighted by atomic mass is 79.9. The molecule has 2 amide bonds. The monoisotopic (exact) mass is 409 g/mol. The highest BCUT2D eigenvalue weighted by Crippen LogP contribution is 2.35. The molecule has 7 nitrogen and oxygen atoms in total. The average molecular weight is 410 g/mol. The van der Waals surface area contributed by atoms with Crippen molar-refractivity contribution >= 4 is 40.0 Å². The summed E-state index contributed by atoms with van der Waals surface area (Å²) in [4.78, 5) is 23.9. The van der Waals surface area contributed by atoms with Crippen LogP contribution in [-0.4, -0.2) is 33.1 Å². The number of aromatic amines is 1. The summed E-state index contributed by atoms with van der Waals surface area (Å²) in [6.45, 7) is 0.176. The molecule has 0 saturated heterocycles. The summed E-state index contributed by atoms with van der Waals surface area (Å²) in [7, 11) is 0. The SMILES string of the molecule is O=C(CNC(=O)c1cccc(Br)c1)NCc1n[nH]c(=S)n1C1CC1. The normalized spacial score (nSPS) is 13.5. The summed E-state index contributed by atoms with van der Waals surface area (Å²) >= 11 is 8.50. The van der Waals surface area contributed by atoms with Crippen molar-refractivity contribution in [1.82, 2.24) is 25.4 Å². The fourth-order valence-corrected chi connectivity index (χ4v) is 3.00. The minimum atomic E-state index is -0.299. The Hall–Kier alpha value is -2.00. The molecule has 3 rings (SSSR count). The number of benzene rings is 1. The summed E-state index contributed by atoms with van der Waals surface area (Å²) < 4.78 is 3.32. The van der Waals surface area contributed by atoms with E-state index in [1.165, 1.54) is 0 Å². The first-order chi connectivity index (χ1) is 11.5. The molecule has 1 aliphatic rings. The van der Waals surface area contributed by atoms with Gasteiger partial charge in [-0.25, -0.2) is 0 Å². The zero-order chi connectivity index (χ0) is 17.1. The molecule has 0 unspecified atom stereocenters. The highest BCUT2D eigenvalue weighted by molar-refractivity contribution is 9.10. The summed E-state index contributed by atoms with van der Waals surface area (Å²) in [5, 5.41) is 12.2. The molecule has 0 bridgehead atoms. The van der Waals surface area contributed by atoms with E-state index in [0.29, 0.717) is 22.2 Å². The number of hydrogen-bond acceptors (Lipinski definition) is 4. The fourth-order valence-electron chi connectivity index (χ4n) is 2.30. The Bertz CT molecular complexity index is 827. The predicted molar refractivity (Wildman–Crippen MR) is 94.0 cm³/mol. The van der Waals surface area contributed by atoms with Gasteiger partial charge in [0.2, 0.25) is 5.91 Å². The summed E-state index contributed by atoms with van der Waals surface area (Å²) in [5.74, 6) is 0.121. The van der Waals surface area contributed by atoms with Crippen LogP contribution in [0.5, 0.6) is 0 Å². The molecule has 9 heteroatoms. The molecule has 1 aromatic heterocycles. The van der Waals surface area contributed by atoms with Gasteiger partial charge >= 0.3 is 0 Å². The molecule has 2 aromatic rings. The number of rotatable bonds is 6. The number of hydrogen-bond donors (Lipinski definition) is 3. The Kier molecular flexibility index (Phi) is 5.10. The van der Waals surface area contributed by atoms with Gasteiger partial charge in [0.25, 0.3) is 5.91 Å². The molecule has 1 heterocycles. The maximum atomic E-state index is 12.0. The topological polar surface area (TPSA) is 91.8 Å². The maximum Gasteiger partial charge on any atom is 0.251 e. The minimum Gasteiger partial charge on any atom is -0.347 e. The van der Waals surface area contributed by atoms with Gasteiger partial charge in [0.15, 0.2) is 10.6 Å². The van der Waals surface area contributed by atoms with Crippen LogP contribution in [0.3, 0.4) is 0 Å². The van der Waals surface area contributed by atoms with E-state index in [0.717, 1.165) is 17.3 Å². The molecule has 126 valence electrons. The lowest BCUT2D eigenvalue weighted by atomic mass is 10.2. The van der Waals surface area contributed by atoms with Gasteiger partial charge < -0.3 is 10.6 Å². The minimum absolute atomic E-state index is 0.0973. The van der Waals surface area contributed by atoms with Crippen LogP contribution in [-0.2, 0) is 11.3 Å². The number of H-pyrrole nitrogens is 1. The molecular formula is C15H16BrN5O2S. The Balaban J connectivity index is 1.49. The molecule has 0 radical (unpaired) electrons. The second kappa shape index (κ2) is 7.27. The number of aromatic nitrogens is 3. The van der Waals surface area contributed by atoms with Gasteiger partial charge in [-0.2, -0.15) is 5.10 Å². The van der Waals surface area contributed by atoms with Crippen LogP contribution in [0.15, 0.2) is 28.7 Å². The van der Waals surface area contributed by atoms with Gasteiger partial charge in [-0.1, -0.05) is 22.0 Å². The quantitative estimate of drug-likeness (QED) is 0.636. The molecular weight excluding hydrogens is 394 g/mol. The van der Waals surface area contributed by atoms with Crippen molar-refractivity contribution in [2.75, 3.05) is 6.54 Å². The third kappa shape index (κ3) is 4.09. The Morgan fingerprint density at radius 1 is 1.38 bits per heavy atom. The van der Waals surface area contributed by atoms with Gasteiger partial charge in [0.05, 0.1) is 13.1 Å². The zero-order valence-corrected chi connectivity index (χ0v) is 15.1. The second-order valence-corrected chi connectivity index (χ2v) is 6.82. The van der Waals surface area contributed by atoms with Crippen molar-refractivity contribution in [2.45, 2.75) is 25.4 Å². The molecule has 3 N–H and O–H groups in total. The molecule has 0 spiro atoms. The average Bonchev–Trinajstić information content (AvgIpc) is 3.33. The van der Waals surface area contributed by atoms with E-state index >= 15 is 0 Å². The van der Waals surface area contributed by atoms with E-state index in [9.17, 15) is 9.59 Å². The van der Waals surface area contributed by atoms with E-state index in [1.54, 1.807) is 18.2 Å². The van der Waals surface area contributed by atoms with Crippen LogP contribution in [0.2, 0.25) is 0 Å². The zero-order valence-electron chi connectivity index (χ0n) is 12.7. The number of halogens is 1. The highest BCUT2D eigenvalue weighted by Gasteiger charge is 2.27. The molecule has 1 aromatic carbocycles. The van der Waals surface area contributed by atoms with Crippen molar-refractivity contribution in [3.63, 3.8) is 0 Å². The number of carbonyl (C=O) groups is 2. The standard InChI is InChI=1S/C15H16BrN5O2S/c16-10-3-1-2-9(6-10)14(23)18-8-13(22)17-7-12-19-20-15(24)21(12)11-4-5-11/h1-3,6,11H,4-5,7-8H2,(H,17,22)(H,18,23)(H,20,24). The molecule has 0 atom stereocenters. The summed E-state index contributed by atoms with van der Waals surface area (Å²) in [5.41, 5.74) is 0.492. The fraction of sp³-hybridized carbons (Fsp3) is 0.333. The Morgan fingerprint density at radius 2 is 2.17 bits per heavy atom. The van der Waals surface area contributed by atoms with Crippen LogP contribution in [0.1, 0.15) is 35.1 Å². The first kappa shape index (κ1) is 16.8. The summed E-state index contributed by atoms with van der Waals surface area (Å²) in [6, 6.07) is 7.36. The lowest BCUT2D eigenvalue weighted by Gasteiger charge is -2.08. The molecule has 1 fully saturated rings. The first-order valence-electron chi connectivity index (χ1n) is 7.51. The molecule has 1 saturated carbocycles. The third-order valence-electron chi connectivity index (χ3n) is 3.63. The van der Waals surface area contributed by atoms with Crippen LogP contribution in [0, 0.1) is 4.77 Å². The number of carbonyl (C=O) groups excluding carboxylic acids is 2. The van der Waals surface area contributed by atoms with Gasteiger partial charge in [0, 0.05) is 16.1 Å². The Morgan fingerprint density at radius 3 is 2.88 bits per heavy atom. The van der Waals surface area contributed by atoms with E-state index in [1.807, 2.05) is 10.6 Å². The second-order valence-electron chi connectivity index (χ2n) is 5.52. The van der Waals surface area contributed by atoms with Crippen molar-refractivity contribution in [1.29, 1.82) is 0 Å². The Labute approximate surface area is 152 Å². The lowest BCUT2D eigenvalue weighted by Crippen LogP contribution is -2.37. The van der Waals surface area contributed by atoms with Crippen LogP contribution in [0.25, 0.3) is 0 Å². The van der Waals surface area contributed by atoms with Crippen molar-refractivity contribution in [3.8, 4) is 0 Å². The van der Waals surface area contributed by atoms with Gasteiger partial charge in [-0.05, 0) is 43.3 Å². The van der Waals surface area contributed by atoms with E-state index in [4.69, 9.17) is 12.2 Å². The molecule has 1 aliphatic carbocycles. The van der Waals surface area contributed by atoms with Crippen LogP contribution in [0.4, 0.5) is 0 Å². The predicted octanol–water partition coefficient (Wildman–Crippen LogP) is 2.08. The van der Waals surface area contributed by atoms with Crippen LogP contribution < -0.4 is 10.6 Å². The summed E-state index contributed by atoms with van der Waals surface area (Å²) in [6.07, 6.45) is 2.16. The van der Waals surface area contributed by atoms with E-state index in [-0.39, 0.29) is 24.9 Å². The van der Waals surface area contributed by atoms with Gasteiger partial charge in [-0.3, -0.25) is 19.3 Å². The number of nitrogens with zero attached hydrogens (tertiary/aromatic N) is 2. The van der Waals surface area contributed by atoms with Crippen molar-refractivity contribution in [3.05, 3.63) is 44.9 Å². The number of nitrogens with one attached hydrogen (secondary N) is 3. The lowest BCUT2D eigenvalue weighted by molar-refractivity contribution is -0.120. The maximum absolute atomic E-state index is 12.0. The number of amides is 2. The smallest absolute Gasteiger partial charge is 0.251 e. The third-order valence-corrected chi connectivity index (χ3v) is 4.41. The van der Waals surface area contributed by atoms with E-state index < -0.39 is 0 Å². The van der Waals surface area contributed by atoms with Crippen molar-refractivity contribution in [2.24, 2.45) is 0 Å². The largest absolute Gasteiger partial charge is 0.347 e. The van der Waals surface area contributed by atoms with Crippen LogP contribution >= 0.6 is 28.1 Å². The molecule has 24 heavy (non-hydrogen) atoms. The van der Waals surface area contributed by atoms with E-state index in [2.05, 4.69) is 36.8 Å². The first-order valence-corrected chi connectivity index (χ1v) is 8.71. The van der Waals surface area contributed by atoms with Crippen molar-refractivity contribution < 1.29 is 9.59 Å². The van der Waals surface area contributed by atoms with Gasteiger partial charge in [-0.15, -0.1) is 0 Å².